The number of carbonyl (C=O) groups excluding carboxylic acids is 3. The number of anilines is 1. The molecule has 0 aliphatic heterocycles. The molecule has 1 aromatic rings. The van der Waals surface area contributed by atoms with Gasteiger partial charge in [-0.2, -0.15) is 0 Å². The molecule has 0 radical (unpaired) electrons. The van der Waals surface area contributed by atoms with E-state index < -0.39 is 57.9 Å². The Balaban J connectivity index is 1.97. The van der Waals surface area contributed by atoms with Crippen LogP contribution < -0.4 is 10.6 Å². The van der Waals surface area contributed by atoms with Crippen molar-refractivity contribution in [3.63, 3.8) is 0 Å². The number of hydrogen-bond donors (Lipinski definition) is 5. The maximum Gasteiger partial charge on any atom is 0.202 e. The summed E-state index contributed by atoms with van der Waals surface area (Å²) in [5.74, 6) is -6.19. The first-order chi connectivity index (χ1) is 14.4. The Hall–Kier alpha value is -3.17. The third kappa shape index (κ3) is 2.60. The summed E-state index contributed by atoms with van der Waals surface area (Å²) in [7, 11) is 3.60. The van der Waals surface area contributed by atoms with Gasteiger partial charge in [0.2, 0.25) is 5.78 Å². The number of aliphatic hydroxyl groups is 3. The Morgan fingerprint density at radius 3 is 2.42 bits per heavy atom. The highest BCUT2D eigenvalue weighted by atomic mass is 16.3. The van der Waals surface area contributed by atoms with Crippen molar-refractivity contribution in [2.75, 3.05) is 19.0 Å². The van der Waals surface area contributed by atoms with Crippen LogP contribution in [-0.2, 0) is 20.8 Å². The van der Waals surface area contributed by atoms with Crippen molar-refractivity contribution in [1.82, 2.24) is 0 Å². The highest BCUT2D eigenvalue weighted by Crippen LogP contribution is 2.52. The van der Waals surface area contributed by atoms with E-state index in [9.17, 15) is 34.8 Å². The van der Waals surface area contributed by atoms with Crippen molar-refractivity contribution in [3.05, 3.63) is 40.2 Å². The van der Waals surface area contributed by atoms with E-state index in [1.54, 1.807) is 25.1 Å². The summed E-state index contributed by atoms with van der Waals surface area (Å²) in [6.45, 7) is 1.03. The average molecular weight is 428 g/mol. The lowest BCUT2D eigenvalue weighted by Crippen LogP contribution is -2.64. The summed E-state index contributed by atoms with van der Waals surface area (Å²) >= 11 is 0. The van der Waals surface area contributed by atoms with Crippen LogP contribution in [0.5, 0.6) is 5.75 Å². The van der Waals surface area contributed by atoms with Crippen molar-refractivity contribution >= 4 is 28.8 Å². The van der Waals surface area contributed by atoms with Gasteiger partial charge >= 0.3 is 0 Å². The first-order valence-corrected chi connectivity index (χ1v) is 9.90. The van der Waals surface area contributed by atoms with Crippen molar-refractivity contribution in [3.8, 4) is 5.75 Å². The standard InChI is InChI=1S/C22H24N2O7/c1-8(25)14-19(28)17(23)11-7-9-6-10-12(24(2)3)4-5-13(26)16(10)18(27)15(9)21(30)22(11,31)20(14)29/h4-5,9,11,17,26-27,29,31H,6-7,23H2,1-3H3/t9?,11?,17?,22-/m1/s1. The number of nitrogens with two attached hydrogens (primary N) is 1. The summed E-state index contributed by atoms with van der Waals surface area (Å²) in [6.07, 6.45) is 0.270. The molecule has 0 spiro atoms. The molecular weight excluding hydrogens is 404 g/mol. The lowest BCUT2D eigenvalue weighted by Gasteiger charge is -2.48. The third-order valence-electron chi connectivity index (χ3n) is 6.70. The predicted octanol–water partition coefficient (Wildman–Crippen LogP) is 0.531. The molecule has 3 aliphatic carbocycles. The molecule has 6 N–H and O–H groups in total. The Morgan fingerprint density at radius 2 is 1.84 bits per heavy atom. The van der Waals surface area contributed by atoms with Crippen LogP contribution in [0.2, 0.25) is 0 Å². The third-order valence-corrected chi connectivity index (χ3v) is 6.70. The zero-order valence-electron chi connectivity index (χ0n) is 17.3. The van der Waals surface area contributed by atoms with Gasteiger partial charge in [0, 0.05) is 31.3 Å². The zero-order chi connectivity index (χ0) is 23.0. The van der Waals surface area contributed by atoms with Crippen LogP contribution in [0, 0.1) is 11.8 Å². The Labute approximate surface area is 178 Å². The fourth-order valence-corrected chi connectivity index (χ4v) is 5.22. The van der Waals surface area contributed by atoms with Crippen LogP contribution in [0.1, 0.15) is 24.5 Å². The largest absolute Gasteiger partial charge is 0.508 e. The van der Waals surface area contributed by atoms with E-state index in [1.165, 1.54) is 6.07 Å². The van der Waals surface area contributed by atoms with E-state index in [0.717, 1.165) is 12.6 Å². The number of rotatable bonds is 2. The number of carbonyl (C=O) groups is 3. The summed E-state index contributed by atoms with van der Waals surface area (Å²) < 4.78 is 0. The SMILES string of the molecule is CC(=O)C1=C(O)[C@@]2(O)C(=O)C3=C(O)c4c(O)ccc(N(C)C)c4CC3CC2C(N)C1=O. The lowest BCUT2D eigenvalue weighted by molar-refractivity contribution is -0.149. The molecule has 9 nitrogen and oxygen atoms in total. The Kier molecular flexibility index (Phi) is 4.53. The van der Waals surface area contributed by atoms with Crippen LogP contribution in [0.3, 0.4) is 0 Å². The molecule has 0 aromatic heterocycles. The number of ketones is 3. The van der Waals surface area contributed by atoms with Crippen molar-refractivity contribution in [1.29, 1.82) is 0 Å². The minimum Gasteiger partial charge on any atom is -0.508 e. The lowest BCUT2D eigenvalue weighted by atomic mass is 9.57. The van der Waals surface area contributed by atoms with Gasteiger partial charge < -0.3 is 31.1 Å². The molecule has 9 heteroatoms. The van der Waals surface area contributed by atoms with Gasteiger partial charge in [0.1, 0.15) is 22.8 Å². The van der Waals surface area contributed by atoms with E-state index in [2.05, 4.69) is 0 Å². The number of phenolic OH excluding ortho intramolecular Hbond substituents is 1. The fourth-order valence-electron chi connectivity index (χ4n) is 5.22. The molecule has 1 fully saturated rings. The number of Topliss-reactive ketones (excluding diaryl/α,β-unsaturated/α-hetero) is 3. The van der Waals surface area contributed by atoms with Crippen LogP contribution in [-0.4, -0.2) is 63.5 Å². The number of aliphatic hydroxyl groups excluding tert-OH is 2. The maximum atomic E-state index is 13.5. The quantitative estimate of drug-likeness (QED) is 0.423. The van der Waals surface area contributed by atoms with E-state index in [1.807, 2.05) is 0 Å². The van der Waals surface area contributed by atoms with Gasteiger partial charge in [-0.05, 0) is 43.4 Å². The zero-order valence-corrected chi connectivity index (χ0v) is 17.3. The second-order valence-electron chi connectivity index (χ2n) is 8.62. The normalized spacial score (nSPS) is 30.0. The summed E-state index contributed by atoms with van der Waals surface area (Å²) in [6, 6.07) is 1.72. The molecule has 1 aromatic carbocycles. The van der Waals surface area contributed by atoms with E-state index in [0.29, 0.717) is 5.56 Å². The maximum absolute atomic E-state index is 13.5. The topological polar surface area (TPSA) is 161 Å². The van der Waals surface area contributed by atoms with Gasteiger partial charge in [0.15, 0.2) is 17.2 Å². The number of hydrogen-bond acceptors (Lipinski definition) is 9. The molecule has 0 heterocycles. The number of benzene rings is 1. The Bertz CT molecular complexity index is 1120. The molecular formula is C22H24N2O7. The summed E-state index contributed by atoms with van der Waals surface area (Å²) in [5, 5.41) is 43.3. The molecule has 0 bridgehead atoms. The van der Waals surface area contributed by atoms with Crippen molar-refractivity contribution < 1.29 is 34.8 Å². The van der Waals surface area contributed by atoms with Gasteiger partial charge in [-0.1, -0.05) is 0 Å². The minimum atomic E-state index is -2.61. The average Bonchev–Trinajstić information content (AvgIpc) is 2.68. The van der Waals surface area contributed by atoms with Crippen LogP contribution in [0.4, 0.5) is 5.69 Å². The van der Waals surface area contributed by atoms with E-state index >= 15 is 0 Å². The van der Waals surface area contributed by atoms with Gasteiger partial charge in [0.05, 0.1) is 11.6 Å². The van der Waals surface area contributed by atoms with Crippen LogP contribution in [0.25, 0.3) is 5.76 Å². The smallest absolute Gasteiger partial charge is 0.202 e. The molecule has 31 heavy (non-hydrogen) atoms. The fraction of sp³-hybridized carbons (Fsp3) is 0.409. The molecule has 164 valence electrons. The van der Waals surface area contributed by atoms with E-state index in [-0.39, 0.29) is 29.7 Å². The second kappa shape index (κ2) is 6.66. The highest BCUT2D eigenvalue weighted by Gasteiger charge is 2.62. The Morgan fingerprint density at radius 1 is 1.19 bits per heavy atom. The number of fused-ring (bicyclic) bond motifs is 3. The first kappa shape index (κ1) is 21.1. The molecule has 3 unspecified atom stereocenters. The second-order valence-corrected chi connectivity index (χ2v) is 8.62. The monoisotopic (exact) mass is 428 g/mol. The van der Waals surface area contributed by atoms with Crippen molar-refractivity contribution in [2.24, 2.45) is 17.6 Å². The van der Waals surface area contributed by atoms with Gasteiger partial charge in [-0.15, -0.1) is 0 Å². The van der Waals surface area contributed by atoms with Crippen LogP contribution >= 0.6 is 0 Å². The number of aromatic hydroxyl groups is 1. The molecule has 4 rings (SSSR count). The summed E-state index contributed by atoms with van der Waals surface area (Å²) in [5.41, 5.74) is 4.00. The molecule has 4 atom stereocenters. The molecule has 1 saturated carbocycles. The molecule has 0 amide bonds. The highest BCUT2D eigenvalue weighted by molar-refractivity contribution is 6.24. The van der Waals surface area contributed by atoms with E-state index in [4.69, 9.17) is 5.73 Å². The first-order valence-electron chi connectivity index (χ1n) is 9.90. The predicted molar refractivity (Wildman–Crippen MR) is 111 cm³/mol. The molecule has 3 aliphatic rings. The van der Waals surface area contributed by atoms with Crippen LogP contribution in [0.15, 0.2) is 29.0 Å². The number of phenols is 1. The van der Waals surface area contributed by atoms with Gasteiger partial charge in [-0.3, -0.25) is 14.4 Å². The summed E-state index contributed by atoms with van der Waals surface area (Å²) in [4.78, 5) is 39.8. The minimum absolute atomic E-state index is 0.0196. The van der Waals surface area contributed by atoms with Gasteiger partial charge in [0.25, 0.3) is 0 Å². The number of nitrogens with zero attached hydrogens (tertiary/aromatic N) is 1. The van der Waals surface area contributed by atoms with Gasteiger partial charge in [-0.25, -0.2) is 0 Å². The molecule has 0 saturated heterocycles. The van der Waals surface area contributed by atoms with Crippen molar-refractivity contribution in [2.45, 2.75) is 31.4 Å².